The number of nitrogens with one attached hydrogen (secondary N) is 1. The molecule has 0 aliphatic carbocycles. The Bertz CT molecular complexity index is 1110. The SMILES string of the molecule is COc1ccc2c(c1)C(NC(=O)CCCN(c1cc(C)cc(C)c1)S(C)(=O)=O)CC(C)(C)O2. The van der Waals surface area contributed by atoms with Crippen LogP contribution >= 0.6 is 0 Å². The molecule has 1 atom stereocenters. The van der Waals surface area contributed by atoms with Gasteiger partial charge in [-0.15, -0.1) is 0 Å². The van der Waals surface area contributed by atoms with Crippen LogP contribution in [0.2, 0.25) is 0 Å². The van der Waals surface area contributed by atoms with Crippen LogP contribution in [0.5, 0.6) is 11.5 Å². The van der Waals surface area contributed by atoms with E-state index in [2.05, 4.69) is 5.32 Å². The van der Waals surface area contributed by atoms with Gasteiger partial charge in [-0.3, -0.25) is 9.10 Å². The number of hydrogen-bond acceptors (Lipinski definition) is 5. The first-order valence-corrected chi connectivity index (χ1v) is 12.9. The Balaban J connectivity index is 1.68. The maximum absolute atomic E-state index is 12.8. The van der Waals surface area contributed by atoms with Crippen molar-refractivity contribution in [2.24, 2.45) is 0 Å². The van der Waals surface area contributed by atoms with E-state index in [1.54, 1.807) is 7.11 Å². The van der Waals surface area contributed by atoms with Crippen molar-refractivity contribution < 1.29 is 22.7 Å². The summed E-state index contributed by atoms with van der Waals surface area (Å²) in [6, 6.07) is 11.1. The molecule has 1 aliphatic heterocycles. The minimum absolute atomic E-state index is 0.125. The van der Waals surface area contributed by atoms with E-state index in [-0.39, 0.29) is 24.9 Å². The Hall–Kier alpha value is -2.74. The van der Waals surface area contributed by atoms with Gasteiger partial charge in [-0.1, -0.05) is 6.07 Å². The number of anilines is 1. The highest BCUT2D eigenvalue weighted by Gasteiger charge is 2.34. The number of carbonyl (C=O) groups excluding carboxylic acids is 1. The molecular weight excluding hydrogens is 440 g/mol. The number of methoxy groups -OCH3 is 1. The zero-order chi connectivity index (χ0) is 24.4. The summed E-state index contributed by atoms with van der Waals surface area (Å²) in [6.07, 6.45) is 2.44. The molecule has 1 heterocycles. The highest BCUT2D eigenvalue weighted by Crippen LogP contribution is 2.41. The van der Waals surface area contributed by atoms with E-state index in [0.29, 0.717) is 24.3 Å². The number of nitrogens with zero attached hydrogens (tertiary/aromatic N) is 1. The fourth-order valence-electron chi connectivity index (χ4n) is 4.32. The number of ether oxygens (including phenoxy) is 2. The second-order valence-electron chi connectivity index (χ2n) is 9.37. The molecule has 33 heavy (non-hydrogen) atoms. The summed E-state index contributed by atoms with van der Waals surface area (Å²) >= 11 is 0. The smallest absolute Gasteiger partial charge is 0.232 e. The first-order chi connectivity index (χ1) is 15.4. The van der Waals surface area contributed by atoms with E-state index in [1.807, 2.05) is 64.1 Å². The maximum Gasteiger partial charge on any atom is 0.232 e. The van der Waals surface area contributed by atoms with Gasteiger partial charge >= 0.3 is 0 Å². The molecule has 0 fully saturated rings. The minimum atomic E-state index is -3.47. The molecule has 1 N–H and O–H groups in total. The lowest BCUT2D eigenvalue weighted by atomic mass is 9.89. The van der Waals surface area contributed by atoms with Gasteiger partial charge in [0, 0.05) is 24.9 Å². The molecule has 0 saturated heterocycles. The summed E-state index contributed by atoms with van der Waals surface area (Å²) in [5.41, 5.74) is 3.08. The number of sulfonamides is 1. The van der Waals surface area contributed by atoms with Gasteiger partial charge in [-0.25, -0.2) is 8.42 Å². The molecule has 0 radical (unpaired) electrons. The first-order valence-electron chi connectivity index (χ1n) is 11.1. The summed E-state index contributed by atoms with van der Waals surface area (Å²) < 4.78 is 37.6. The molecule has 7 nitrogen and oxygen atoms in total. The lowest BCUT2D eigenvalue weighted by molar-refractivity contribution is -0.122. The van der Waals surface area contributed by atoms with Crippen molar-refractivity contribution in [3.8, 4) is 11.5 Å². The molecule has 0 aromatic heterocycles. The van der Waals surface area contributed by atoms with E-state index >= 15 is 0 Å². The van der Waals surface area contributed by atoms with Crippen molar-refractivity contribution in [3.63, 3.8) is 0 Å². The van der Waals surface area contributed by atoms with E-state index in [1.165, 1.54) is 10.6 Å². The first kappa shape index (κ1) is 24.9. The van der Waals surface area contributed by atoms with Gasteiger partial charge < -0.3 is 14.8 Å². The Morgan fingerprint density at radius 3 is 2.45 bits per heavy atom. The van der Waals surface area contributed by atoms with E-state index in [0.717, 1.165) is 22.4 Å². The number of carbonyl (C=O) groups is 1. The van der Waals surface area contributed by atoms with Crippen molar-refractivity contribution in [1.29, 1.82) is 0 Å². The van der Waals surface area contributed by atoms with Crippen molar-refractivity contribution in [1.82, 2.24) is 5.32 Å². The Kier molecular flexibility index (Phi) is 7.26. The number of amides is 1. The Labute approximate surface area is 197 Å². The van der Waals surface area contributed by atoms with Gasteiger partial charge in [-0.05, 0) is 75.6 Å². The molecular formula is C25H34N2O5S. The zero-order valence-corrected chi connectivity index (χ0v) is 21.1. The van der Waals surface area contributed by atoms with Crippen LogP contribution in [0.3, 0.4) is 0 Å². The Morgan fingerprint density at radius 1 is 1.18 bits per heavy atom. The maximum atomic E-state index is 12.8. The number of benzene rings is 2. The van der Waals surface area contributed by atoms with Gasteiger partial charge in [0.25, 0.3) is 0 Å². The number of hydrogen-bond donors (Lipinski definition) is 1. The van der Waals surface area contributed by atoms with Gasteiger partial charge in [0.2, 0.25) is 15.9 Å². The van der Waals surface area contributed by atoms with Crippen molar-refractivity contribution in [2.45, 2.75) is 58.6 Å². The molecule has 180 valence electrons. The van der Waals surface area contributed by atoms with Gasteiger partial charge in [0.15, 0.2) is 0 Å². The van der Waals surface area contributed by atoms with Crippen LogP contribution < -0.4 is 19.1 Å². The molecule has 8 heteroatoms. The quantitative estimate of drug-likeness (QED) is 0.617. The van der Waals surface area contributed by atoms with Gasteiger partial charge in [0.1, 0.15) is 17.1 Å². The second kappa shape index (κ2) is 9.63. The minimum Gasteiger partial charge on any atom is -0.497 e. The fraction of sp³-hybridized carbons (Fsp3) is 0.480. The summed E-state index contributed by atoms with van der Waals surface area (Å²) in [7, 11) is -1.87. The predicted octanol–water partition coefficient (Wildman–Crippen LogP) is 4.28. The lowest BCUT2D eigenvalue weighted by Gasteiger charge is -2.38. The zero-order valence-electron chi connectivity index (χ0n) is 20.3. The number of aryl methyl sites for hydroxylation is 2. The topological polar surface area (TPSA) is 84.9 Å². The van der Waals surface area contributed by atoms with Crippen molar-refractivity contribution >= 4 is 21.6 Å². The van der Waals surface area contributed by atoms with Crippen LogP contribution in [0.25, 0.3) is 0 Å². The predicted molar refractivity (Wildman–Crippen MR) is 131 cm³/mol. The normalized spacial score (nSPS) is 17.0. The van der Waals surface area contributed by atoms with E-state index in [4.69, 9.17) is 9.47 Å². The summed E-state index contributed by atoms with van der Waals surface area (Å²) in [4.78, 5) is 12.8. The highest BCUT2D eigenvalue weighted by molar-refractivity contribution is 7.92. The third-order valence-corrected chi connectivity index (χ3v) is 6.86. The standard InChI is InChI=1S/C25H34N2O5S/c1-17-12-18(2)14-19(13-17)27(33(6,29)30)11-7-8-24(28)26-22-16-25(3,4)32-23-10-9-20(31-5)15-21(22)23/h9-10,12-15,22H,7-8,11,16H2,1-6H3,(H,26,28). The third kappa shape index (κ3) is 6.41. The largest absolute Gasteiger partial charge is 0.497 e. The fourth-order valence-corrected chi connectivity index (χ4v) is 5.27. The Morgan fingerprint density at radius 2 is 1.85 bits per heavy atom. The van der Waals surface area contributed by atoms with Crippen LogP contribution in [0.15, 0.2) is 36.4 Å². The molecule has 0 saturated carbocycles. The number of fused-ring (bicyclic) bond motifs is 1. The molecule has 0 bridgehead atoms. The molecule has 2 aromatic carbocycles. The van der Waals surface area contributed by atoms with Crippen LogP contribution in [0.4, 0.5) is 5.69 Å². The molecule has 3 rings (SSSR count). The van der Waals surface area contributed by atoms with Crippen molar-refractivity contribution in [2.75, 3.05) is 24.2 Å². The van der Waals surface area contributed by atoms with E-state index < -0.39 is 15.6 Å². The average Bonchev–Trinajstić information content (AvgIpc) is 2.68. The van der Waals surface area contributed by atoms with Crippen molar-refractivity contribution in [3.05, 3.63) is 53.1 Å². The third-order valence-electron chi connectivity index (χ3n) is 5.67. The highest BCUT2D eigenvalue weighted by atomic mass is 32.2. The van der Waals surface area contributed by atoms with Crippen LogP contribution in [-0.2, 0) is 14.8 Å². The lowest BCUT2D eigenvalue weighted by Crippen LogP contribution is -2.41. The summed E-state index contributed by atoms with van der Waals surface area (Å²) in [6.45, 7) is 8.10. The average molecular weight is 475 g/mol. The van der Waals surface area contributed by atoms with Crippen LogP contribution in [0.1, 0.15) is 55.8 Å². The molecule has 1 amide bonds. The summed E-state index contributed by atoms with van der Waals surface area (Å²) in [5.74, 6) is 1.31. The van der Waals surface area contributed by atoms with Gasteiger partial charge in [0.05, 0.1) is 25.1 Å². The summed E-state index contributed by atoms with van der Waals surface area (Å²) in [5, 5.41) is 3.11. The van der Waals surface area contributed by atoms with Crippen LogP contribution in [0, 0.1) is 13.8 Å². The number of rotatable bonds is 8. The molecule has 0 spiro atoms. The molecule has 2 aromatic rings. The molecule has 1 aliphatic rings. The van der Waals surface area contributed by atoms with Crippen LogP contribution in [-0.4, -0.2) is 39.8 Å². The molecule has 1 unspecified atom stereocenters. The van der Waals surface area contributed by atoms with Gasteiger partial charge in [-0.2, -0.15) is 0 Å². The monoisotopic (exact) mass is 474 g/mol. The second-order valence-corrected chi connectivity index (χ2v) is 11.3. The van der Waals surface area contributed by atoms with E-state index in [9.17, 15) is 13.2 Å².